The Morgan fingerprint density at radius 3 is 2.20 bits per heavy atom. The molecular formula is C17H32N2O. The van der Waals surface area contributed by atoms with E-state index in [0.29, 0.717) is 29.1 Å². The normalized spacial score (nSPS) is 29.1. The van der Waals surface area contributed by atoms with Crippen molar-refractivity contribution in [2.75, 3.05) is 6.54 Å². The van der Waals surface area contributed by atoms with E-state index in [-0.39, 0.29) is 12.2 Å². The Morgan fingerprint density at radius 1 is 1.20 bits per heavy atom. The Morgan fingerprint density at radius 2 is 1.80 bits per heavy atom. The van der Waals surface area contributed by atoms with Gasteiger partial charge in [-0.15, -0.1) is 0 Å². The maximum atomic E-state index is 12.7. The Kier molecular flexibility index (Phi) is 4.48. The highest BCUT2D eigenvalue weighted by Crippen LogP contribution is 2.53. The van der Waals surface area contributed by atoms with Crippen LogP contribution >= 0.6 is 0 Å². The molecule has 1 heterocycles. The molecule has 0 spiro atoms. The second kappa shape index (κ2) is 5.67. The number of hydrogen-bond donors (Lipinski definition) is 1. The van der Waals surface area contributed by atoms with Crippen LogP contribution in [0.25, 0.3) is 0 Å². The third-order valence-corrected chi connectivity index (χ3v) is 5.23. The van der Waals surface area contributed by atoms with Crippen LogP contribution < -0.4 is 5.32 Å². The second-order valence-corrected chi connectivity index (χ2v) is 8.02. The van der Waals surface area contributed by atoms with Crippen LogP contribution in [0.5, 0.6) is 0 Å². The summed E-state index contributed by atoms with van der Waals surface area (Å²) >= 11 is 0. The first kappa shape index (κ1) is 15.8. The number of carbonyl (C=O) groups is 1. The lowest BCUT2D eigenvalue weighted by molar-refractivity contribution is -0.131. The number of nitrogens with one attached hydrogen (secondary N) is 1. The molecular weight excluding hydrogens is 248 g/mol. The minimum absolute atomic E-state index is 0.0327. The molecule has 1 amide bonds. The highest BCUT2D eigenvalue weighted by atomic mass is 16.2. The summed E-state index contributed by atoms with van der Waals surface area (Å²) in [5.41, 5.74) is 0.400. The van der Waals surface area contributed by atoms with Gasteiger partial charge in [0.05, 0.1) is 12.2 Å². The lowest BCUT2D eigenvalue weighted by Gasteiger charge is -2.32. The van der Waals surface area contributed by atoms with Crippen molar-refractivity contribution in [2.24, 2.45) is 23.2 Å². The first-order chi connectivity index (χ1) is 9.27. The summed E-state index contributed by atoms with van der Waals surface area (Å²) in [5.74, 6) is 2.04. The molecule has 116 valence electrons. The maximum absolute atomic E-state index is 12.7. The molecule has 2 unspecified atom stereocenters. The van der Waals surface area contributed by atoms with Gasteiger partial charge in [0.2, 0.25) is 5.91 Å². The molecule has 0 aromatic rings. The summed E-state index contributed by atoms with van der Waals surface area (Å²) in [6.45, 7) is 14.4. The molecule has 0 bridgehead atoms. The molecule has 2 fully saturated rings. The fourth-order valence-electron chi connectivity index (χ4n) is 3.49. The number of amides is 1. The van der Waals surface area contributed by atoms with Crippen molar-refractivity contribution in [1.29, 1.82) is 0 Å². The van der Waals surface area contributed by atoms with Crippen LogP contribution in [0.1, 0.15) is 60.8 Å². The number of rotatable bonds is 6. The first-order valence-corrected chi connectivity index (χ1v) is 8.33. The zero-order valence-corrected chi connectivity index (χ0v) is 14.1. The van der Waals surface area contributed by atoms with Crippen molar-refractivity contribution in [3.8, 4) is 0 Å². The van der Waals surface area contributed by atoms with Crippen molar-refractivity contribution in [1.82, 2.24) is 10.2 Å². The number of carbonyl (C=O) groups excluding carboxylic acids is 1. The molecule has 20 heavy (non-hydrogen) atoms. The van der Waals surface area contributed by atoms with Crippen molar-refractivity contribution in [3.63, 3.8) is 0 Å². The average Bonchev–Trinajstić information content (AvgIpc) is 3.05. The minimum Gasteiger partial charge on any atom is -0.325 e. The molecule has 1 aliphatic heterocycles. The van der Waals surface area contributed by atoms with Crippen LogP contribution in [0.15, 0.2) is 0 Å². The van der Waals surface area contributed by atoms with Gasteiger partial charge in [-0.1, -0.05) is 41.5 Å². The van der Waals surface area contributed by atoms with E-state index >= 15 is 0 Å². The fraction of sp³-hybridized carbons (Fsp3) is 0.941. The van der Waals surface area contributed by atoms with Gasteiger partial charge in [0.1, 0.15) is 0 Å². The highest BCUT2D eigenvalue weighted by molar-refractivity contribution is 5.84. The van der Waals surface area contributed by atoms with Crippen LogP contribution in [-0.4, -0.2) is 29.6 Å². The zero-order valence-electron chi connectivity index (χ0n) is 14.1. The van der Waals surface area contributed by atoms with Gasteiger partial charge in [0, 0.05) is 6.54 Å². The van der Waals surface area contributed by atoms with Gasteiger partial charge in [0.15, 0.2) is 0 Å². The van der Waals surface area contributed by atoms with Crippen LogP contribution in [0.2, 0.25) is 0 Å². The number of nitrogens with zero attached hydrogens (tertiary/aromatic N) is 1. The minimum atomic E-state index is 0.0327. The van der Waals surface area contributed by atoms with E-state index in [1.54, 1.807) is 0 Å². The highest BCUT2D eigenvalue weighted by Gasteiger charge is 2.51. The maximum Gasteiger partial charge on any atom is 0.241 e. The van der Waals surface area contributed by atoms with Crippen molar-refractivity contribution < 1.29 is 4.79 Å². The standard InChI is InChI=1S/C17H32N2O/c1-11(2)9-14-16(20)19(15(18-14)12(3)4)10-17(7-8-17)13(5)6/h11-15,18H,7-10H2,1-6H3. The van der Waals surface area contributed by atoms with Gasteiger partial charge in [0.25, 0.3) is 0 Å². The molecule has 3 nitrogen and oxygen atoms in total. The summed E-state index contributed by atoms with van der Waals surface area (Å²) in [7, 11) is 0. The van der Waals surface area contributed by atoms with E-state index in [4.69, 9.17) is 0 Å². The predicted octanol–water partition coefficient (Wildman–Crippen LogP) is 3.25. The largest absolute Gasteiger partial charge is 0.325 e. The lowest BCUT2D eigenvalue weighted by Crippen LogP contribution is -2.45. The molecule has 2 aliphatic rings. The first-order valence-electron chi connectivity index (χ1n) is 8.33. The van der Waals surface area contributed by atoms with E-state index in [9.17, 15) is 4.79 Å². The molecule has 2 rings (SSSR count). The Balaban J connectivity index is 2.10. The molecule has 1 N–H and O–H groups in total. The summed E-state index contributed by atoms with van der Waals surface area (Å²) in [6, 6.07) is 0.0327. The van der Waals surface area contributed by atoms with E-state index in [1.807, 2.05) is 0 Å². The number of hydrogen-bond acceptors (Lipinski definition) is 2. The SMILES string of the molecule is CC(C)CC1NC(C(C)C)N(CC2(C(C)C)CC2)C1=O. The van der Waals surface area contributed by atoms with Gasteiger partial charge < -0.3 is 4.90 Å². The Bertz CT molecular complexity index is 358. The predicted molar refractivity (Wildman–Crippen MR) is 83.2 cm³/mol. The van der Waals surface area contributed by atoms with Crippen LogP contribution in [0, 0.1) is 23.2 Å². The van der Waals surface area contributed by atoms with Crippen LogP contribution in [0.3, 0.4) is 0 Å². The fourth-order valence-corrected chi connectivity index (χ4v) is 3.49. The molecule has 0 radical (unpaired) electrons. The average molecular weight is 280 g/mol. The Labute approximate surface area is 124 Å². The molecule has 0 aromatic heterocycles. The van der Waals surface area contributed by atoms with Crippen LogP contribution in [0.4, 0.5) is 0 Å². The zero-order chi connectivity index (χ0) is 15.1. The molecule has 1 aliphatic carbocycles. The lowest BCUT2D eigenvalue weighted by atomic mass is 9.91. The van der Waals surface area contributed by atoms with E-state index in [2.05, 4.69) is 51.8 Å². The van der Waals surface area contributed by atoms with Gasteiger partial charge in [-0.2, -0.15) is 0 Å². The monoisotopic (exact) mass is 280 g/mol. The topological polar surface area (TPSA) is 32.3 Å². The molecule has 3 heteroatoms. The van der Waals surface area contributed by atoms with Gasteiger partial charge >= 0.3 is 0 Å². The van der Waals surface area contributed by atoms with E-state index < -0.39 is 0 Å². The molecule has 2 atom stereocenters. The van der Waals surface area contributed by atoms with E-state index in [0.717, 1.165) is 13.0 Å². The van der Waals surface area contributed by atoms with E-state index in [1.165, 1.54) is 12.8 Å². The van der Waals surface area contributed by atoms with Gasteiger partial charge in [-0.05, 0) is 42.4 Å². The van der Waals surface area contributed by atoms with Gasteiger partial charge in [-0.25, -0.2) is 0 Å². The third-order valence-electron chi connectivity index (χ3n) is 5.23. The third kappa shape index (κ3) is 3.03. The smallest absolute Gasteiger partial charge is 0.241 e. The Hall–Kier alpha value is -0.570. The second-order valence-electron chi connectivity index (χ2n) is 8.02. The summed E-state index contributed by atoms with van der Waals surface area (Å²) < 4.78 is 0. The summed E-state index contributed by atoms with van der Waals surface area (Å²) in [4.78, 5) is 14.9. The molecule has 1 saturated carbocycles. The quantitative estimate of drug-likeness (QED) is 0.810. The summed E-state index contributed by atoms with van der Waals surface area (Å²) in [6.07, 6.45) is 3.75. The van der Waals surface area contributed by atoms with Gasteiger partial charge in [-0.3, -0.25) is 10.1 Å². The summed E-state index contributed by atoms with van der Waals surface area (Å²) in [5, 5.41) is 3.59. The van der Waals surface area contributed by atoms with Crippen molar-refractivity contribution in [3.05, 3.63) is 0 Å². The molecule has 1 saturated heterocycles. The van der Waals surface area contributed by atoms with Crippen molar-refractivity contribution >= 4 is 5.91 Å². The van der Waals surface area contributed by atoms with Crippen LogP contribution in [-0.2, 0) is 4.79 Å². The molecule has 0 aromatic carbocycles. The van der Waals surface area contributed by atoms with Crippen molar-refractivity contribution in [2.45, 2.75) is 73.0 Å².